The van der Waals surface area contributed by atoms with Gasteiger partial charge < -0.3 is 0 Å². The lowest BCUT2D eigenvalue weighted by Gasteiger charge is -2.05. The van der Waals surface area contributed by atoms with E-state index < -0.39 is 0 Å². The van der Waals surface area contributed by atoms with Crippen LogP contribution in [0.15, 0.2) is 6.33 Å². The highest BCUT2D eigenvalue weighted by Gasteiger charge is 2.11. The van der Waals surface area contributed by atoms with Crippen LogP contribution in [0.25, 0.3) is 0 Å². The third kappa shape index (κ3) is 1.90. The summed E-state index contributed by atoms with van der Waals surface area (Å²) >= 11 is 0. The summed E-state index contributed by atoms with van der Waals surface area (Å²) in [6, 6.07) is 0. The number of aryl methyl sites for hydroxylation is 1. The Hall–Kier alpha value is -1.19. The highest BCUT2D eigenvalue weighted by Crippen LogP contribution is 2.04. The van der Waals surface area contributed by atoms with E-state index in [1.165, 1.54) is 6.33 Å². The number of rotatable bonds is 3. The van der Waals surface area contributed by atoms with Gasteiger partial charge in [0.1, 0.15) is 17.9 Å². The fourth-order valence-electron chi connectivity index (χ4n) is 0.923. The fourth-order valence-corrected chi connectivity index (χ4v) is 0.923. The van der Waals surface area contributed by atoms with E-state index in [-0.39, 0.29) is 11.7 Å². The fraction of sp³-hybridized carbons (Fsp3) is 0.625. The van der Waals surface area contributed by atoms with Crippen LogP contribution in [0.3, 0.4) is 0 Å². The van der Waals surface area contributed by atoms with E-state index in [2.05, 4.69) is 10.1 Å². The monoisotopic (exact) mass is 167 g/mol. The maximum absolute atomic E-state index is 10.9. The molecule has 1 heterocycles. The Balaban J connectivity index is 2.64. The Morgan fingerprint density at radius 2 is 2.42 bits per heavy atom. The van der Waals surface area contributed by atoms with E-state index in [9.17, 15) is 4.79 Å². The molecule has 4 nitrogen and oxygen atoms in total. The van der Waals surface area contributed by atoms with Crippen molar-refractivity contribution in [3.63, 3.8) is 0 Å². The second kappa shape index (κ2) is 3.47. The molecule has 0 fully saturated rings. The van der Waals surface area contributed by atoms with E-state index >= 15 is 0 Å². The molecule has 0 aliphatic carbocycles. The smallest absolute Gasteiger partial charge is 0.138 e. The zero-order chi connectivity index (χ0) is 9.14. The van der Waals surface area contributed by atoms with Crippen LogP contribution < -0.4 is 0 Å². The van der Waals surface area contributed by atoms with E-state index in [0.717, 1.165) is 5.82 Å². The molecule has 4 heteroatoms. The van der Waals surface area contributed by atoms with E-state index in [4.69, 9.17) is 0 Å². The molecule has 0 radical (unpaired) electrons. The average molecular weight is 167 g/mol. The summed E-state index contributed by atoms with van der Waals surface area (Å²) in [4.78, 5) is 15.0. The molecule has 0 saturated heterocycles. The number of ketones is 1. The summed E-state index contributed by atoms with van der Waals surface area (Å²) < 4.78 is 1.69. The Morgan fingerprint density at radius 3 is 2.83 bits per heavy atom. The van der Waals surface area contributed by atoms with Crippen LogP contribution in [-0.4, -0.2) is 20.5 Å². The lowest BCUT2D eigenvalue weighted by atomic mass is 10.0. The van der Waals surface area contributed by atoms with Crippen LogP contribution in [0.4, 0.5) is 0 Å². The Kier molecular flexibility index (Phi) is 2.58. The molecule has 0 spiro atoms. The minimum absolute atomic E-state index is 0.0351. The largest absolute Gasteiger partial charge is 0.300 e. The second-order valence-electron chi connectivity index (χ2n) is 3.02. The van der Waals surface area contributed by atoms with Crippen LogP contribution in [0.5, 0.6) is 0 Å². The van der Waals surface area contributed by atoms with E-state index in [1.807, 2.05) is 14.0 Å². The van der Waals surface area contributed by atoms with Crippen LogP contribution in [0, 0.1) is 5.92 Å². The van der Waals surface area contributed by atoms with Gasteiger partial charge in [-0.15, -0.1) is 0 Å². The minimum Gasteiger partial charge on any atom is -0.300 e. The van der Waals surface area contributed by atoms with Gasteiger partial charge in [-0.3, -0.25) is 9.48 Å². The minimum atomic E-state index is 0.0351. The second-order valence-corrected chi connectivity index (χ2v) is 3.02. The summed E-state index contributed by atoms with van der Waals surface area (Å²) in [7, 11) is 1.83. The highest BCUT2D eigenvalue weighted by molar-refractivity contribution is 5.78. The molecule has 0 aliphatic rings. The van der Waals surface area contributed by atoms with Gasteiger partial charge in [-0.05, 0) is 6.92 Å². The molecule has 1 aromatic heterocycles. The predicted molar refractivity (Wildman–Crippen MR) is 44.6 cm³/mol. The molecule has 1 rings (SSSR count). The molecule has 66 valence electrons. The predicted octanol–water partition coefficient (Wildman–Crippen LogP) is 0.583. The first-order chi connectivity index (χ1) is 5.61. The first-order valence-corrected chi connectivity index (χ1v) is 3.94. The number of aromatic nitrogens is 3. The summed E-state index contributed by atoms with van der Waals surface area (Å²) in [5, 5.41) is 3.92. The van der Waals surface area contributed by atoms with Crippen molar-refractivity contribution in [1.29, 1.82) is 0 Å². The summed E-state index contributed by atoms with van der Waals surface area (Å²) in [5.74, 6) is 1.09. The van der Waals surface area contributed by atoms with Crippen molar-refractivity contribution >= 4 is 5.78 Å². The number of hydrogen-bond acceptors (Lipinski definition) is 3. The quantitative estimate of drug-likeness (QED) is 0.661. The van der Waals surface area contributed by atoms with Crippen molar-refractivity contribution in [1.82, 2.24) is 14.8 Å². The number of Topliss-reactive ketones (excluding diaryl/α,β-unsaturated/α-hetero) is 1. The van der Waals surface area contributed by atoms with Gasteiger partial charge in [-0.2, -0.15) is 5.10 Å². The molecule has 0 aromatic carbocycles. The van der Waals surface area contributed by atoms with Crippen LogP contribution in [0.1, 0.15) is 19.7 Å². The standard InChI is InChI=1S/C8H13N3O/c1-6(7(2)12)4-8-9-5-10-11(8)3/h5-6H,4H2,1-3H3. The van der Waals surface area contributed by atoms with E-state index in [1.54, 1.807) is 11.6 Å². The number of carbonyl (C=O) groups is 1. The molecule has 1 atom stereocenters. The molecular formula is C8H13N3O. The van der Waals surface area contributed by atoms with Crippen molar-refractivity contribution < 1.29 is 4.79 Å². The van der Waals surface area contributed by atoms with Gasteiger partial charge in [0.15, 0.2) is 0 Å². The maximum Gasteiger partial charge on any atom is 0.138 e. The zero-order valence-corrected chi connectivity index (χ0v) is 7.61. The molecule has 0 amide bonds. The molecule has 0 N–H and O–H groups in total. The van der Waals surface area contributed by atoms with Gasteiger partial charge in [0.25, 0.3) is 0 Å². The molecular weight excluding hydrogens is 154 g/mol. The van der Waals surface area contributed by atoms with Crippen molar-refractivity contribution in [3.8, 4) is 0 Å². The molecule has 1 unspecified atom stereocenters. The van der Waals surface area contributed by atoms with Crippen molar-refractivity contribution in [2.75, 3.05) is 0 Å². The summed E-state index contributed by atoms with van der Waals surface area (Å²) in [6.07, 6.45) is 2.17. The van der Waals surface area contributed by atoms with Gasteiger partial charge in [-0.1, -0.05) is 6.92 Å². The SMILES string of the molecule is CC(=O)C(C)Cc1ncnn1C. The van der Waals surface area contributed by atoms with Crippen molar-refractivity contribution in [2.24, 2.45) is 13.0 Å². The number of hydrogen-bond donors (Lipinski definition) is 0. The van der Waals surface area contributed by atoms with Gasteiger partial charge in [0.2, 0.25) is 0 Å². The lowest BCUT2D eigenvalue weighted by molar-refractivity contribution is -0.120. The molecule has 0 bridgehead atoms. The van der Waals surface area contributed by atoms with Gasteiger partial charge in [0, 0.05) is 19.4 Å². The summed E-state index contributed by atoms with van der Waals surface area (Å²) in [5.41, 5.74) is 0. The number of carbonyl (C=O) groups excluding carboxylic acids is 1. The third-order valence-electron chi connectivity index (χ3n) is 1.99. The van der Waals surface area contributed by atoms with Crippen molar-refractivity contribution in [3.05, 3.63) is 12.2 Å². The van der Waals surface area contributed by atoms with Crippen LogP contribution in [0.2, 0.25) is 0 Å². The van der Waals surface area contributed by atoms with Crippen LogP contribution in [-0.2, 0) is 18.3 Å². The van der Waals surface area contributed by atoms with Crippen LogP contribution >= 0.6 is 0 Å². The maximum atomic E-state index is 10.9. The zero-order valence-electron chi connectivity index (χ0n) is 7.61. The van der Waals surface area contributed by atoms with E-state index in [0.29, 0.717) is 6.42 Å². The van der Waals surface area contributed by atoms with Crippen molar-refractivity contribution in [2.45, 2.75) is 20.3 Å². The molecule has 1 aromatic rings. The Morgan fingerprint density at radius 1 is 1.75 bits per heavy atom. The Labute approximate surface area is 71.6 Å². The van der Waals surface area contributed by atoms with Gasteiger partial charge >= 0.3 is 0 Å². The molecule has 12 heavy (non-hydrogen) atoms. The normalized spacial score (nSPS) is 12.9. The average Bonchev–Trinajstić information content (AvgIpc) is 2.36. The lowest BCUT2D eigenvalue weighted by Crippen LogP contribution is -2.12. The first-order valence-electron chi connectivity index (χ1n) is 3.94. The highest BCUT2D eigenvalue weighted by atomic mass is 16.1. The summed E-state index contributed by atoms with van der Waals surface area (Å²) in [6.45, 7) is 3.50. The van der Waals surface area contributed by atoms with Gasteiger partial charge in [-0.25, -0.2) is 4.98 Å². The third-order valence-corrected chi connectivity index (χ3v) is 1.99. The first kappa shape index (κ1) is 8.90. The van der Waals surface area contributed by atoms with Gasteiger partial charge in [0.05, 0.1) is 0 Å². The molecule has 0 aliphatic heterocycles. The molecule has 0 saturated carbocycles. The topological polar surface area (TPSA) is 47.8 Å². The number of nitrogens with zero attached hydrogens (tertiary/aromatic N) is 3. The Bertz CT molecular complexity index is 280.